The molecule has 2 aliphatic rings. The van der Waals surface area contributed by atoms with Crippen LogP contribution >= 0.6 is 0 Å². The van der Waals surface area contributed by atoms with E-state index in [0.29, 0.717) is 38.5 Å². The van der Waals surface area contributed by atoms with Crippen molar-refractivity contribution in [2.45, 2.75) is 12.8 Å². The zero-order chi connectivity index (χ0) is 20.6. The van der Waals surface area contributed by atoms with Crippen molar-refractivity contribution in [1.82, 2.24) is 9.80 Å². The number of benzene rings is 1. The lowest BCUT2D eigenvalue weighted by atomic mass is 10.2. The molecule has 9 nitrogen and oxygen atoms in total. The number of ether oxygens (including phenoxy) is 2. The number of hydrogen-bond donors (Lipinski definition) is 2. The molecular formula is C20H28N4O5. The third-order valence-corrected chi connectivity index (χ3v) is 4.94. The quantitative estimate of drug-likeness (QED) is 0.635. The first-order valence-corrected chi connectivity index (χ1v) is 9.90. The number of rotatable bonds is 8. The number of methoxy groups -OCH3 is 1. The van der Waals surface area contributed by atoms with E-state index in [-0.39, 0.29) is 30.9 Å². The number of nitrogens with one attached hydrogen (secondary N) is 2. The van der Waals surface area contributed by atoms with Gasteiger partial charge in [0.2, 0.25) is 11.8 Å². The fraction of sp³-hybridized carbons (Fsp3) is 0.550. The van der Waals surface area contributed by atoms with E-state index in [1.54, 1.807) is 23.1 Å². The highest BCUT2D eigenvalue weighted by molar-refractivity contribution is 5.86. The van der Waals surface area contributed by atoms with Crippen LogP contribution in [0.25, 0.3) is 0 Å². The van der Waals surface area contributed by atoms with Gasteiger partial charge in [0.05, 0.1) is 13.2 Å². The maximum atomic E-state index is 12.5. The summed E-state index contributed by atoms with van der Waals surface area (Å²) in [6, 6.07) is 7.07. The molecule has 1 saturated carbocycles. The summed E-state index contributed by atoms with van der Waals surface area (Å²) in [5.74, 6) is 0.443. The van der Waals surface area contributed by atoms with Crippen molar-refractivity contribution in [2.24, 2.45) is 5.92 Å². The molecule has 0 bridgehead atoms. The largest absolute Gasteiger partial charge is 0.447 e. The van der Waals surface area contributed by atoms with Crippen LogP contribution in [0.3, 0.4) is 0 Å². The summed E-state index contributed by atoms with van der Waals surface area (Å²) >= 11 is 0. The van der Waals surface area contributed by atoms with Crippen LogP contribution in [0.5, 0.6) is 0 Å². The van der Waals surface area contributed by atoms with Crippen molar-refractivity contribution in [1.29, 1.82) is 0 Å². The van der Waals surface area contributed by atoms with Gasteiger partial charge >= 0.3 is 6.09 Å². The van der Waals surface area contributed by atoms with Gasteiger partial charge in [-0.25, -0.2) is 4.79 Å². The number of amides is 3. The summed E-state index contributed by atoms with van der Waals surface area (Å²) in [7, 11) is 1.53. The van der Waals surface area contributed by atoms with Gasteiger partial charge < -0.3 is 24.6 Å². The topological polar surface area (TPSA) is 100 Å². The van der Waals surface area contributed by atoms with Gasteiger partial charge in [-0.05, 0) is 31.0 Å². The zero-order valence-electron chi connectivity index (χ0n) is 16.7. The van der Waals surface area contributed by atoms with E-state index in [1.807, 2.05) is 11.0 Å². The molecule has 0 spiro atoms. The van der Waals surface area contributed by atoms with E-state index in [9.17, 15) is 14.4 Å². The Labute approximate surface area is 170 Å². The lowest BCUT2D eigenvalue weighted by Crippen LogP contribution is -2.52. The molecule has 1 aliphatic carbocycles. The fourth-order valence-electron chi connectivity index (χ4n) is 3.13. The third kappa shape index (κ3) is 6.35. The van der Waals surface area contributed by atoms with Gasteiger partial charge in [0.1, 0.15) is 6.61 Å². The van der Waals surface area contributed by atoms with Gasteiger partial charge in [-0.2, -0.15) is 0 Å². The molecule has 1 aromatic rings. The maximum absolute atomic E-state index is 12.5. The summed E-state index contributed by atoms with van der Waals surface area (Å²) in [6.07, 6.45) is 1.44. The summed E-state index contributed by atoms with van der Waals surface area (Å²) in [5.41, 5.74) is 1.28. The van der Waals surface area contributed by atoms with Crippen molar-refractivity contribution >= 4 is 29.3 Å². The first-order chi connectivity index (χ1) is 14.1. The molecule has 0 atom stereocenters. The normalized spacial score (nSPS) is 16.3. The van der Waals surface area contributed by atoms with E-state index in [4.69, 9.17) is 9.47 Å². The summed E-state index contributed by atoms with van der Waals surface area (Å²) < 4.78 is 9.79. The molecular weight excluding hydrogens is 376 g/mol. The molecule has 1 saturated heterocycles. The van der Waals surface area contributed by atoms with Crippen LogP contribution in [0, 0.1) is 5.92 Å². The second-order valence-electron chi connectivity index (χ2n) is 7.17. The molecule has 9 heteroatoms. The molecule has 0 radical (unpaired) electrons. The molecule has 2 N–H and O–H groups in total. The zero-order valence-corrected chi connectivity index (χ0v) is 16.7. The molecule has 0 aromatic heterocycles. The van der Waals surface area contributed by atoms with E-state index < -0.39 is 6.09 Å². The van der Waals surface area contributed by atoms with Gasteiger partial charge in [-0.1, -0.05) is 6.07 Å². The minimum absolute atomic E-state index is 0.0131. The van der Waals surface area contributed by atoms with Crippen LogP contribution in [-0.4, -0.2) is 80.8 Å². The number of piperazine rings is 1. The van der Waals surface area contributed by atoms with Crippen molar-refractivity contribution in [3.8, 4) is 0 Å². The Hall–Kier alpha value is -2.81. The lowest BCUT2D eigenvalue weighted by molar-refractivity contribution is -0.139. The van der Waals surface area contributed by atoms with E-state index in [0.717, 1.165) is 18.5 Å². The summed E-state index contributed by atoms with van der Waals surface area (Å²) in [5, 5.41) is 5.72. The minimum Gasteiger partial charge on any atom is -0.447 e. The maximum Gasteiger partial charge on any atom is 0.411 e. The second-order valence-corrected chi connectivity index (χ2v) is 7.17. The van der Waals surface area contributed by atoms with Crippen molar-refractivity contribution < 1.29 is 23.9 Å². The third-order valence-electron chi connectivity index (χ3n) is 4.94. The van der Waals surface area contributed by atoms with Gasteiger partial charge in [-0.3, -0.25) is 14.9 Å². The highest BCUT2D eigenvalue weighted by Crippen LogP contribution is 2.31. The number of hydrogen-bond acceptors (Lipinski definition) is 6. The number of carbonyl (C=O) groups excluding carboxylic acids is 3. The van der Waals surface area contributed by atoms with E-state index in [1.165, 1.54) is 7.11 Å². The summed E-state index contributed by atoms with van der Waals surface area (Å²) in [6.45, 7) is 2.99. The Morgan fingerprint density at radius 1 is 1.03 bits per heavy atom. The Balaban J connectivity index is 1.41. The minimum atomic E-state index is -0.561. The molecule has 2 fully saturated rings. The van der Waals surface area contributed by atoms with Crippen molar-refractivity contribution in [3.63, 3.8) is 0 Å². The van der Waals surface area contributed by atoms with Crippen LogP contribution in [0.2, 0.25) is 0 Å². The molecule has 3 rings (SSSR count). The monoisotopic (exact) mass is 404 g/mol. The number of anilines is 2. The first kappa shape index (κ1) is 20.9. The van der Waals surface area contributed by atoms with Crippen LogP contribution in [0.1, 0.15) is 12.8 Å². The predicted molar refractivity (Wildman–Crippen MR) is 108 cm³/mol. The first-order valence-electron chi connectivity index (χ1n) is 9.90. The molecule has 1 aliphatic heterocycles. The Kier molecular flexibility index (Phi) is 7.29. The van der Waals surface area contributed by atoms with Crippen molar-refractivity contribution in [2.75, 3.05) is 63.7 Å². The smallest absolute Gasteiger partial charge is 0.411 e. The standard InChI is InChI=1S/C20H28N4O5/c1-28-11-12-29-20(27)22-17-4-2-3-16(13-17)21-14-18(25)23-7-9-24(10-8-23)19(26)15-5-6-15/h2-4,13,15,21H,5-12,14H2,1H3,(H,22,27). The molecule has 0 unspecified atom stereocenters. The second kappa shape index (κ2) is 10.1. The highest BCUT2D eigenvalue weighted by Gasteiger charge is 2.35. The Morgan fingerprint density at radius 2 is 1.72 bits per heavy atom. The van der Waals surface area contributed by atoms with Crippen molar-refractivity contribution in [3.05, 3.63) is 24.3 Å². The average molecular weight is 404 g/mol. The van der Waals surface area contributed by atoms with Gasteiger partial charge in [-0.15, -0.1) is 0 Å². The Bertz CT molecular complexity index is 729. The average Bonchev–Trinajstić information content (AvgIpc) is 3.57. The predicted octanol–water partition coefficient (Wildman–Crippen LogP) is 1.37. The van der Waals surface area contributed by atoms with E-state index in [2.05, 4.69) is 10.6 Å². The number of carbonyl (C=O) groups is 3. The highest BCUT2D eigenvalue weighted by atomic mass is 16.6. The molecule has 1 aromatic carbocycles. The van der Waals surface area contributed by atoms with Gasteiger partial charge in [0, 0.05) is 50.6 Å². The fourth-order valence-corrected chi connectivity index (χ4v) is 3.13. The van der Waals surface area contributed by atoms with Gasteiger partial charge in [0.25, 0.3) is 0 Å². The van der Waals surface area contributed by atoms with Gasteiger partial charge in [0.15, 0.2) is 0 Å². The number of nitrogens with zero attached hydrogens (tertiary/aromatic N) is 2. The van der Waals surface area contributed by atoms with Crippen LogP contribution < -0.4 is 10.6 Å². The van der Waals surface area contributed by atoms with Crippen LogP contribution in [-0.2, 0) is 19.1 Å². The summed E-state index contributed by atoms with van der Waals surface area (Å²) in [4.78, 5) is 39.9. The van der Waals surface area contributed by atoms with Crippen LogP contribution in [0.15, 0.2) is 24.3 Å². The molecule has 158 valence electrons. The molecule has 3 amide bonds. The molecule has 29 heavy (non-hydrogen) atoms. The Morgan fingerprint density at radius 3 is 2.41 bits per heavy atom. The molecule has 1 heterocycles. The lowest BCUT2D eigenvalue weighted by Gasteiger charge is -2.35. The van der Waals surface area contributed by atoms with E-state index >= 15 is 0 Å². The SMILES string of the molecule is COCCOC(=O)Nc1cccc(NCC(=O)N2CCN(C(=O)C3CC3)CC2)c1. The van der Waals surface area contributed by atoms with Crippen LogP contribution in [0.4, 0.5) is 16.2 Å².